The van der Waals surface area contributed by atoms with E-state index in [9.17, 15) is 29.2 Å². The molecule has 1 aliphatic heterocycles. The Morgan fingerprint density at radius 3 is 2.54 bits per heavy atom. The lowest BCUT2D eigenvalue weighted by atomic mass is 9.99. The third-order valence-corrected chi connectivity index (χ3v) is 8.48. The Hall–Kier alpha value is -1.84. The van der Waals surface area contributed by atoms with Gasteiger partial charge >= 0.3 is 19.4 Å². The molecule has 0 aromatic carbocycles. The Morgan fingerprint density at radius 2 is 1.97 bits per heavy atom. The van der Waals surface area contributed by atoms with Gasteiger partial charge in [-0.1, -0.05) is 32.5 Å². The summed E-state index contributed by atoms with van der Waals surface area (Å²) in [5, 5.41) is 23.0. The van der Waals surface area contributed by atoms with E-state index in [1.165, 1.54) is 19.2 Å². The number of aliphatic hydroxyl groups excluding tert-OH is 2. The van der Waals surface area contributed by atoms with Crippen molar-refractivity contribution in [2.75, 3.05) is 31.3 Å². The van der Waals surface area contributed by atoms with Gasteiger partial charge < -0.3 is 25.4 Å². The number of hydrogen-bond donors (Lipinski definition) is 4. The fourth-order valence-corrected chi connectivity index (χ4v) is 5.83. The van der Waals surface area contributed by atoms with Crippen LogP contribution in [0.2, 0.25) is 0 Å². The van der Waals surface area contributed by atoms with Gasteiger partial charge in [0.25, 0.3) is 0 Å². The lowest BCUT2D eigenvalue weighted by Gasteiger charge is -2.25. The monoisotopic (exact) mass is 594 g/mol. The van der Waals surface area contributed by atoms with E-state index in [4.69, 9.17) is 24.3 Å². The number of nitrogen functional groups attached to an aromatic ring is 1. The summed E-state index contributed by atoms with van der Waals surface area (Å²) in [6.07, 6.45) is -2.69. The normalized spacial score (nSPS) is 23.9. The fraction of sp³-hybridized carbons (Fsp3) is 0.739. The lowest BCUT2D eigenvalue weighted by molar-refractivity contribution is -0.149. The first-order valence-electron chi connectivity index (χ1n) is 12.4. The highest BCUT2D eigenvalue weighted by Crippen LogP contribution is 2.46. The van der Waals surface area contributed by atoms with Gasteiger partial charge in [-0.15, -0.1) is 0 Å². The predicted molar refractivity (Wildman–Crippen MR) is 144 cm³/mol. The minimum Gasteiger partial charge on any atom is -0.462 e. The molecule has 0 amide bonds. The second-order valence-corrected chi connectivity index (χ2v) is 13.1. The molecule has 14 nitrogen and oxygen atoms in total. The summed E-state index contributed by atoms with van der Waals surface area (Å²) in [6, 6.07) is 0.263. The van der Waals surface area contributed by atoms with Gasteiger partial charge in [0.15, 0.2) is 11.3 Å². The molecule has 39 heavy (non-hydrogen) atoms. The van der Waals surface area contributed by atoms with E-state index in [0.29, 0.717) is 0 Å². The predicted octanol–water partition coefficient (Wildman–Crippen LogP) is 1.07. The summed E-state index contributed by atoms with van der Waals surface area (Å²) in [6.45, 7) is 8.93. The molecule has 1 saturated heterocycles. The van der Waals surface area contributed by atoms with Crippen LogP contribution in [0.1, 0.15) is 47.8 Å². The quantitative estimate of drug-likeness (QED) is 0.143. The Morgan fingerprint density at radius 1 is 1.31 bits per heavy atom. The number of hydrogen-bond acceptors (Lipinski definition) is 13. The van der Waals surface area contributed by atoms with Crippen LogP contribution in [0.25, 0.3) is 0 Å². The van der Waals surface area contributed by atoms with Crippen molar-refractivity contribution in [3.8, 4) is 0 Å². The number of thioether (sulfide) groups is 1. The molecule has 1 aliphatic rings. The SMILES string of the molecule is CC(C)OC(=O)[C@@H](C)N[P@](=O)(OCCSC(=O)C(C)(C)C)OC[C@H]1O[C@@H](n2ccc(N)nc2=O)[C@H](O)[C@@H]1CO. The number of aromatic nitrogens is 2. The Kier molecular flexibility index (Phi) is 12.1. The van der Waals surface area contributed by atoms with Crippen molar-refractivity contribution in [3.63, 3.8) is 0 Å². The Labute approximate surface area is 231 Å². The van der Waals surface area contributed by atoms with Crippen LogP contribution in [0.3, 0.4) is 0 Å². The molecular formula is C23H39N4O10PS. The second kappa shape index (κ2) is 14.2. The third-order valence-electron chi connectivity index (χ3n) is 5.52. The van der Waals surface area contributed by atoms with E-state index >= 15 is 0 Å². The Balaban J connectivity index is 2.15. The average molecular weight is 595 g/mol. The fourth-order valence-electron chi connectivity index (χ4n) is 3.45. The minimum atomic E-state index is -4.21. The molecule has 0 bridgehead atoms. The van der Waals surface area contributed by atoms with Crippen LogP contribution in [0.15, 0.2) is 17.1 Å². The zero-order chi connectivity index (χ0) is 29.5. The van der Waals surface area contributed by atoms with Crippen LogP contribution in [0.4, 0.5) is 5.82 Å². The van der Waals surface area contributed by atoms with Crippen LogP contribution in [0, 0.1) is 11.3 Å². The first-order valence-corrected chi connectivity index (χ1v) is 14.9. The molecule has 0 unspecified atom stereocenters. The van der Waals surface area contributed by atoms with E-state index in [1.807, 2.05) is 0 Å². The molecule has 2 rings (SSSR count). The summed E-state index contributed by atoms with van der Waals surface area (Å²) >= 11 is 1.01. The van der Waals surface area contributed by atoms with Crippen molar-refractivity contribution >= 4 is 36.4 Å². The maximum Gasteiger partial charge on any atom is 0.406 e. The first kappa shape index (κ1) is 33.4. The van der Waals surface area contributed by atoms with Crippen LogP contribution in [-0.2, 0) is 32.7 Å². The summed E-state index contributed by atoms with van der Waals surface area (Å²) in [5.74, 6) is -1.45. The lowest BCUT2D eigenvalue weighted by Crippen LogP contribution is -2.37. The van der Waals surface area contributed by atoms with Gasteiger partial charge in [-0.25, -0.2) is 14.4 Å². The van der Waals surface area contributed by atoms with Gasteiger partial charge in [-0.05, 0) is 26.8 Å². The molecule has 0 spiro atoms. The summed E-state index contributed by atoms with van der Waals surface area (Å²) in [4.78, 5) is 40.4. The van der Waals surface area contributed by atoms with Crippen molar-refractivity contribution < 1.29 is 42.9 Å². The maximum absolute atomic E-state index is 13.6. The third kappa shape index (κ3) is 9.64. The summed E-state index contributed by atoms with van der Waals surface area (Å²) < 4.78 is 36.6. The van der Waals surface area contributed by atoms with Gasteiger partial charge in [-0.3, -0.25) is 23.2 Å². The first-order chi connectivity index (χ1) is 18.1. The Bertz CT molecular complexity index is 1100. The van der Waals surface area contributed by atoms with E-state index in [2.05, 4.69) is 10.1 Å². The van der Waals surface area contributed by atoms with E-state index in [0.717, 1.165) is 16.3 Å². The van der Waals surface area contributed by atoms with Gasteiger partial charge in [0.05, 0.1) is 32.0 Å². The zero-order valence-corrected chi connectivity index (χ0v) is 24.6. The number of nitrogens with zero attached hydrogens (tertiary/aromatic N) is 2. The molecule has 16 heteroatoms. The van der Waals surface area contributed by atoms with Crippen molar-refractivity contribution in [2.24, 2.45) is 11.3 Å². The van der Waals surface area contributed by atoms with E-state index in [-0.39, 0.29) is 23.3 Å². The summed E-state index contributed by atoms with van der Waals surface area (Å²) in [5.41, 5.74) is 4.18. The highest BCUT2D eigenvalue weighted by molar-refractivity contribution is 8.13. The number of rotatable bonds is 13. The maximum atomic E-state index is 13.6. The molecule has 1 fully saturated rings. The highest BCUT2D eigenvalue weighted by Gasteiger charge is 2.46. The largest absolute Gasteiger partial charge is 0.462 e. The van der Waals surface area contributed by atoms with Crippen LogP contribution >= 0.6 is 19.5 Å². The topological polar surface area (TPSA) is 202 Å². The number of ether oxygens (including phenoxy) is 2. The van der Waals surface area contributed by atoms with Gasteiger partial charge in [0.1, 0.15) is 18.0 Å². The molecule has 5 N–H and O–H groups in total. The van der Waals surface area contributed by atoms with Crippen molar-refractivity contribution in [3.05, 3.63) is 22.7 Å². The van der Waals surface area contributed by atoms with Crippen LogP contribution in [0.5, 0.6) is 0 Å². The zero-order valence-electron chi connectivity index (χ0n) is 22.9. The van der Waals surface area contributed by atoms with Crippen LogP contribution in [-0.4, -0.2) is 80.8 Å². The number of carbonyl (C=O) groups is 2. The van der Waals surface area contributed by atoms with Crippen LogP contribution < -0.4 is 16.5 Å². The van der Waals surface area contributed by atoms with Crippen molar-refractivity contribution in [1.82, 2.24) is 14.6 Å². The van der Waals surface area contributed by atoms with Gasteiger partial charge in [0, 0.05) is 23.3 Å². The van der Waals surface area contributed by atoms with E-state index in [1.54, 1.807) is 34.6 Å². The molecule has 0 saturated carbocycles. The standard InChI is InChI=1S/C23H39N4O10PS/c1-13(2)36-20(30)14(3)26-38(33,34-9-10-39-21(31)23(4,5)6)35-12-16-15(11-28)18(29)19(37-16)27-8-7-17(24)25-22(27)32/h7-8,13-16,18-19,28-29H,9-12H2,1-6H3,(H,26,33)(H2,24,25,32)/t14-,15-,16-,18-,19-,38+/m1/s1. The number of anilines is 1. The average Bonchev–Trinajstić information content (AvgIpc) is 3.14. The summed E-state index contributed by atoms with van der Waals surface area (Å²) in [7, 11) is -4.21. The smallest absolute Gasteiger partial charge is 0.406 e. The molecule has 1 aromatic rings. The molecule has 1 aromatic heterocycles. The minimum absolute atomic E-state index is 0.0148. The molecule has 0 aliphatic carbocycles. The number of aliphatic hydroxyl groups is 2. The van der Waals surface area contributed by atoms with Crippen molar-refractivity contribution in [1.29, 1.82) is 0 Å². The number of carbonyl (C=O) groups excluding carboxylic acids is 2. The molecule has 0 radical (unpaired) electrons. The number of esters is 1. The molecular weight excluding hydrogens is 555 g/mol. The van der Waals surface area contributed by atoms with Gasteiger partial charge in [0.2, 0.25) is 0 Å². The molecule has 222 valence electrons. The number of nitrogens with one attached hydrogen (secondary N) is 1. The van der Waals surface area contributed by atoms with Gasteiger partial charge in [-0.2, -0.15) is 4.98 Å². The highest BCUT2D eigenvalue weighted by atomic mass is 32.2. The second-order valence-electron chi connectivity index (χ2n) is 10.3. The van der Waals surface area contributed by atoms with Crippen molar-refractivity contribution in [2.45, 2.75) is 72.1 Å². The molecule has 2 heterocycles. The van der Waals surface area contributed by atoms with E-state index < -0.39 is 74.5 Å². The molecule has 6 atom stereocenters. The number of nitrogens with two attached hydrogens (primary N) is 1.